The minimum absolute atomic E-state index is 0.0161. The zero-order valence-corrected chi connectivity index (χ0v) is 17.4. The Morgan fingerprint density at radius 2 is 1.94 bits per heavy atom. The van der Waals surface area contributed by atoms with Crippen LogP contribution in [0.1, 0.15) is 5.56 Å². The first-order valence-corrected chi connectivity index (χ1v) is 10.0. The van der Waals surface area contributed by atoms with E-state index in [2.05, 4.69) is 10.1 Å². The van der Waals surface area contributed by atoms with Crippen LogP contribution in [0.5, 0.6) is 5.75 Å². The van der Waals surface area contributed by atoms with Gasteiger partial charge in [0.1, 0.15) is 11.3 Å². The van der Waals surface area contributed by atoms with Gasteiger partial charge in [-0.25, -0.2) is 4.98 Å². The highest BCUT2D eigenvalue weighted by Crippen LogP contribution is 2.29. The average Bonchev–Trinajstić information content (AvgIpc) is 3.21. The second-order valence-corrected chi connectivity index (χ2v) is 7.54. The summed E-state index contributed by atoms with van der Waals surface area (Å²) in [6.07, 6.45) is 1.12. The Kier molecular flexibility index (Phi) is 4.87. The lowest BCUT2D eigenvalue weighted by Gasteiger charge is -2.07. The number of hydrogen-bond acceptors (Lipinski definition) is 7. The number of nitro benzene ring substituents is 1. The number of aromatic hydroxyl groups is 1. The van der Waals surface area contributed by atoms with Gasteiger partial charge in [0.05, 0.1) is 27.6 Å². The molecule has 3 aromatic carbocycles. The first-order chi connectivity index (χ1) is 15.9. The smallest absolute Gasteiger partial charge is 0.282 e. The van der Waals surface area contributed by atoms with Crippen molar-refractivity contribution in [2.45, 2.75) is 0 Å². The number of phenolic OH excluding ortho intramolecular Hbond substituents is 1. The lowest BCUT2D eigenvalue weighted by molar-refractivity contribution is -0.385. The molecule has 0 amide bonds. The van der Waals surface area contributed by atoms with Crippen LogP contribution in [0.15, 0.2) is 81.0 Å². The third-order valence-electron chi connectivity index (χ3n) is 4.97. The molecule has 5 rings (SSSR count). The van der Waals surface area contributed by atoms with E-state index < -0.39 is 10.5 Å². The van der Waals surface area contributed by atoms with Crippen LogP contribution in [0.4, 0.5) is 5.69 Å². The number of furan rings is 1. The van der Waals surface area contributed by atoms with Gasteiger partial charge in [0.2, 0.25) is 5.82 Å². The van der Waals surface area contributed by atoms with E-state index in [0.717, 1.165) is 17.0 Å². The molecule has 10 heteroatoms. The maximum Gasteiger partial charge on any atom is 0.282 e. The van der Waals surface area contributed by atoms with Crippen molar-refractivity contribution in [2.75, 3.05) is 0 Å². The van der Waals surface area contributed by atoms with Crippen LogP contribution < -0.4 is 5.56 Å². The maximum atomic E-state index is 13.3. The van der Waals surface area contributed by atoms with Crippen molar-refractivity contribution >= 4 is 45.4 Å². The van der Waals surface area contributed by atoms with Gasteiger partial charge in [0.15, 0.2) is 5.76 Å². The second-order valence-electron chi connectivity index (χ2n) is 7.11. The van der Waals surface area contributed by atoms with Crippen molar-refractivity contribution in [3.8, 4) is 17.3 Å². The minimum atomic E-state index is -0.605. The van der Waals surface area contributed by atoms with E-state index in [1.165, 1.54) is 12.1 Å². The molecule has 0 saturated carbocycles. The van der Waals surface area contributed by atoms with Crippen LogP contribution in [0.3, 0.4) is 0 Å². The number of fused-ring (bicyclic) bond motifs is 2. The zero-order chi connectivity index (χ0) is 23.1. The molecule has 2 aromatic heterocycles. The van der Waals surface area contributed by atoms with Gasteiger partial charge >= 0.3 is 0 Å². The summed E-state index contributed by atoms with van der Waals surface area (Å²) in [5, 5.41) is 26.8. The topological polar surface area (TPSA) is 124 Å². The minimum Gasteiger partial charge on any atom is -0.508 e. The summed E-state index contributed by atoms with van der Waals surface area (Å²) in [6, 6.07) is 17.1. The molecule has 162 valence electrons. The highest BCUT2D eigenvalue weighted by molar-refractivity contribution is 6.31. The number of phenols is 1. The second kappa shape index (κ2) is 7.88. The normalized spacial score (nSPS) is 11.5. The van der Waals surface area contributed by atoms with Gasteiger partial charge in [0.25, 0.3) is 11.2 Å². The molecule has 0 aliphatic rings. The molecule has 0 atom stereocenters. The average molecular weight is 461 g/mol. The van der Waals surface area contributed by atoms with E-state index in [-0.39, 0.29) is 28.6 Å². The van der Waals surface area contributed by atoms with E-state index in [9.17, 15) is 20.0 Å². The van der Waals surface area contributed by atoms with Crippen molar-refractivity contribution in [1.82, 2.24) is 9.66 Å². The number of nitrogens with zero attached hydrogens (tertiary/aromatic N) is 4. The number of hydrogen-bond donors (Lipinski definition) is 1. The summed E-state index contributed by atoms with van der Waals surface area (Å²) in [6.45, 7) is 0. The van der Waals surface area contributed by atoms with Crippen molar-refractivity contribution < 1.29 is 14.4 Å². The summed E-state index contributed by atoms with van der Waals surface area (Å²) in [5.74, 6) is 0.183. The maximum absolute atomic E-state index is 13.3. The molecule has 0 fully saturated rings. The molecule has 1 N–H and O–H groups in total. The van der Waals surface area contributed by atoms with E-state index in [4.69, 9.17) is 16.0 Å². The van der Waals surface area contributed by atoms with Gasteiger partial charge in [0, 0.05) is 16.5 Å². The van der Waals surface area contributed by atoms with Crippen molar-refractivity contribution in [1.29, 1.82) is 0 Å². The van der Waals surface area contributed by atoms with Crippen molar-refractivity contribution in [3.63, 3.8) is 0 Å². The summed E-state index contributed by atoms with van der Waals surface area (Å²) >= 11 is 6.07. The Labute approximate surface area is 189 Å². The van der Waals surface area contributed by atoms with E-state index in [0.29, 0.717) is 26.9 Å². The van der Waals surface area contributed by atoms with Crippen LogP contribution in [-0.4, -0.2) is 25.9 Å². The third kappa shape index (κ3) is 3.70. The Bertz CT molecular complexity index is 1650. The highest BCUT2D eigenvalue weighted by atomic mass is 35.5. The Balaban J connectivity index is 1.75. The number of nitro groups is 1. The SMILES string of the molecule is O=c1c2ccccc2nc(-c2cc3cc(Cl)ccc3o2)n1N=Cc1cc(O)ccc1[N+](=O)[O-]. The molecule has 0 radical (unpaired) electrons. The lowest BCUT2D eigenvalue weighted by Crippen LogP contribution is -2.20. The van der Waals surface area contributed by atoms with Gasteiger partial charge in [-0.3, -0.25) is 14.9 Å². The van der Waals surface area contributed by atoms with Crippen molar-refractivity contribution in [3.05, 3.63) is 97.8 Å². The summed E-state index contributed by atoms with van der Waals surface area (Å²) in [5.41, 5.74) is 0.218. The number of benzene rings is 3. The van der Waals surface area contributed by atoms with Gasteiger partial charge < -0.3 is 9.52 Å². The largest absolute Gasteiger partial charge is 0.508 e. The summed E-state index contributed by atoms with van der Waals surface area (Å²) in [7, 11) is 0. The fourth-order valence-electron chi connectivity index (χ4n) is 3.45. The molecule has 9 nitrogen and oxygen atoms in total. The highest BCUT2D eigenvalue weighted by Gasteiger charge is 2.18. The first-order valence-electron chi connectivity index (χ1n) is 9.64. The van der Waals surface area contributed by atoms with Crippen LogP contribution in [0, 0.1) is 10.1 Å². The molecule has 2 heterocycles. The molecule has 0 bridgehead atoms. The number of para-hydroxylation sites is 1. The van der Waals surface area contributed by atoms with E-state index in [1.54, 1.807) is 48.5 Å². The van der Waals surface area contributed by atoms with Gasteiger partial charge in [-0.1, -0.05) is 23.7 Å². The predicted octanol–water partition coefficient (Wildman–Crippen LogP) is 4.96. The monoisotopic (exact) mass is 460 g/mol. The Hall–Kier alpha value is -4.50. The first kappa shape index (κ1) is 20.4. The fourth-order valence-corrected chi connectivity index (χ4v) is 3.63. The van der Waals surface area contributed by atoms with Crippen LogP contribution in [0.2, 0.25) is 5.02 Å². The molecular weight excluding hydrogens is 448 g/mol. The molecule has 0 unspecified atom stereocenters. The van der Waals surface area contributed by atoms with Crippen molar-refractivity contribution in [2.24, 2.45) is 5.10 Å². The molecule has 0 aliphatic heterocycles. The third-order valence-corrected chi connectivity index (χ3v) is 5.21. The zero-order valence-electron chi connectivity index (χ0n) is 16.7. The molecule has 0 saturated heterocycles. The molecule has 0 aliphatic carbocycles. The number of aromatic nitrogens is 2. The number of rotatable bonds is 4. The molecular formula is C23H13ClN4O5. The molecule has 33 heavy (non-hydrogen) atoms. The Morgan fingerprint density at radius 1 is 1.12 bits per heavy atom. The quantitative estimate of drug-likeness (QED) is 0.229. The van der Waals surface area contributed by atoms with Crippen LogP contribution in [-0.2, 0) is 0 Å². The summed E-state index contributed by atoms with van der Waals surface area (Å²) in [4.78, 5) is 28.6. The molecule has 0 spiro atoms. The van der Waals surface area contributed by atoms with E-state index in [1.807, 2.05) is 0 Å². The standard InChI is InChI=1S/C23H13ClN4O5/c24-15-5-8-20-13(9-15)11-21(33-20)22-26-18-4-2-1-3-17(18)23(30)27(22)25-12-14-10-16(29)6-7-19(14)28(31)32/h1-12,29H. The number of halogens is 1. The lowest BCUT2D eigenvalue weighted by atomic mass is 10.2. The summed E-state index contributed by atoms with van der Waals surface area (Å²) < 4.78 is 6.89. The Morgan fingerprint density at radius 3 is 2.76 bits per heavy atom. The molecule has 5 aromatic rings. The predicted molar refractivity (Wildman–Crippen MR) is 124 cm³/mol. The fraction of sp³-hybridized carbons (Fsp3) is 0. The van der Waals surface area contributed by atoms with E-state index >= 15 is 0 Å². The van der Waals surface area contributed by atoms with Crippen LogP contribution >= 0.6 is 11.6 Å². The van der Waals surface area contributed by atoms with Gasteiger partial charge in [-0.2, -0.15) is 9.78 Å². The van der Waals surface area contributed by atoms with Gasteiger partial charge in [-0.05, 0) is 48.5 Å². The van der Waals surface area contributed by atoms with Crippen LogP contribution in [0.25, 0.3) is 33.5 Å². The van der Waals surface area contributed by atoms with Gasteiger partial charge in [-0.15, -0.1) is 0 Å².